The van der Waals surface area contributed by atoms with Gasteiger partial charge < -0.3 is 4.90 Å². The Hall–Kier alpha value is -2.00. The van der Waals surface area contributed by atoms with E-state index >= 15 is 0 Å². The van der Waals surface area contributed by atoms with Crippen LogP contribution in [-0.4, -0.2) is 55.8 Å². The van der Waals surface area contributed by atoms with Crippen molar-refractivity contribution in [2.24, 2.45) is 0 Å². The monoisotopic (exact) mass is 394 g/mol. The van der Waals surface area contributed by atoms with E-state index in [4.69, 9.17) is 11.6 Å². The fourth-order valence-electron chi connectivity index (χ4n) is 2.81. The molecule has 3 rings (SSSR count). The van der Waals surface area contributed by atoms with Crippen molar-refractivity contribution in [3.8, 4) is 11.1 Å². The van der Waals surface area contributed by atoms with E-state index in [0.717, 1.165) is 0 Å². The topological polar surface area (TPSA) is 83.8 Å². The fourth-order valence-corrected chi connectivity index (χ4v) is 4.34. The smallest absolute Gasteiger partial charge is 0.278 e. The summed E-state index contributed by atoms with van der Waals surface area (Å²) in [4.78, 5) is 12.8. The number of nitro groups is 1. The van der Waals surface area contributed by atoms with Gasteiger partial charge in [0.1, 0.15) is 0 Å². The molecule has 0 atom stereocenters. The number of piperazine rings is 1. The van der Waals surface area contributed by atoms with Crippen LogP contribution in [0, 0.1) is 16.2 Å². The number of benzene rings is 2. The number of rotatable bonds is 4. The quantitative estimate of drug-likeness (QED) is 0.588. The lowest BCUT2D eigenvalue weighted by molar-refractivity contribution is -0.384. The van der Waals surface area contributed by atoms with Crippen molar-refractivity contribution in [1.29, 1.82) is 0 Å². The van der Waals surface area contributed by atoms with Crippen LogP contribution in [0.4, 0.5) is 5.69 Å². The molecule has 1 aliphatic heterocycles. The van der Waals surface area contributed by atoms with Crippen LogP contribution in [0.25, 0.3) is 11.1 Å². The third kappa shape index (κ3) is 3.73. The molecule has 2 aromatic rings. The highest BCUT2D eigenvalue weighted by atomic mass is 35.5. The third-order valence-electron chi connectivity index (χ3n) is 4.33. The van der Waals surface area contributed by atoms with E-state index < -0.39 is 14.9 Å². The molecule has 2 aromatic carbocycles. The summed E-state index contributed by atoms with van der Waals surface area (Å²) in [5, 5.41) is 11.5. The zero-order valence-electron chi connectivity index (χ0n) is 14.1. The third-order valence-corrected chi connectivity index (χ3v) is 6.42. The molecule has 1 heterocycles. The first kappa shape index (κ1) is 18.8. The molecule has 0 N–H and O–H groups in total. The molecule has 1 radical (unpaired) electrons. The molecule has 0 unspecified atom stereocenters. The molecule has 1 aliphatic rings. The van der Waals surface area contributed by atoms with Crippen LogP contribution in [0.2, 0.25) is 5.02 Å². The van der Waals surface area contributed by atoms with Crippen molar-refractivity contribution >= 4 is 27.3 Å². The Labute approximate surface area is 157 Å². The zero-order chi connectivity index (χ0) is 18.9. The second-order valence-corrected chi connectivity index (χ2v) is 8.41. The Morgan fingerprint density at radius 1 is 1.15 bits per heavy atom. The molecule has 137 valence electrons. The number of hydrogen-bond donors (Lipinski definition) is 0. The molecular formula is C17H17ClN3O4S. The van der Waals surface area contributed by atoms with Gasteiger partial charge in [0.2, 0.25) is 10.0 Å². The van der Waals surface area contributed by atoms with Crippen molar-refractivity contribution < 1.29 is 13.3 Å². The van der Waals surface area contributed by atoms with E-state index in [-0.39, 0.29) is 15.6 Å². The average Bonchev–Trinajstić information content (AvgIpc) is 2.62. The summed E-state index contributed by atoms with van der Waals surface area (Å²) in [6, 6.07) is 11.6. The van der Waals surface area contributed by atoms with Gasteiger partial charge in [-0.1, -0.05) is 17.7 Å². The van der Waals surface area contributed by atoms with E-state index in [2.05, 4.69) is 11.0 Å². The maximum Gasteiger partial charge on any atom is 0.278 e. The fraction of sp³-hybridized carbons (Fsp3) is 0.294. The minimum Gasteiger partial charge on any atom is -0.304 e. The minimum atomic E-state index is -3.62. The lowest BCUT2D eigenvalue weighted by Gasteiger charge is -2.31. The van der Waals surface area contributed by atoms with Gasteiger partial charge in [-0.2, -0.15) is 4.31 Å². The predicted octanol–water partition coefficient (Wildman–Crippen LogP) is 2.65. The van der Waals surface area contributed by atoms with Gasteiger partial charge in [0.15, 0.2) is 0 Å². The van der Waals surface area contributed by atoms with Crippen LogP contribution in [0.1, 0.15) is 0 Å². The molecular weight excluding hydrogens is 378 g/mol. The second kappa shape index (κ2) is 7.32. The van der Waals surface area contributed by atoms with E-state index in [1.807, 2.05) is 7.05 Å². The van der Waals surface area contributed by atoms with Gasteiger partial charge in [0.05, 0.1) is 15.4 Å². The molecule has 0 amide bonds. The lowest BCUT2D eigenvalue weighted by atomic mass is 10.0. The molecule has 0 bridgehead atoms. The summed E-state index contributed by atoms with van der Waals surface area (Å²) >= 11 is 5.83. The SMILES string of the molecule is CN1CCN(S(=O)(=O)c2[c]cc(-c3ccc(Cl)cc3[N+](=O)[O-])cc2)CC1. The Morgan fingerprint density at radius 3 is 2.42 bits per heavy atom. The summed E-state index contributed by atoms with van der Waals surface area (Å²) in [5.41, 5.74) is 0.727. The van der Waals surface area contributed by atoms with E-state index in [1.165, 1.54) is 28.6 Å². The molecule has 0 spiro atoms. The highest BCUT2D eigenvalue weighted by molar-refractivity contribution is 7.89. The molecule has 7 nitrogen and oxygen atoms in total. The second-order valence-electron chi connectivity index (χ2n) is 6.07. The highest BCUT2D eigenvalue weighted by Gasteiger charge is 2.27. The van der Waals surface area contributed by atoms with Crippen LogP contribution >= 0.6 is 11.6 Å². The van der Waals surface area contributed by atoms with Crippen molar-refractivity contribution in [1.82, 2.24) is 9.21 Å². The average molecular weight is 395 g/mol. The van der Waals surface area contributed by atoms with Gasteiger partial charge in [-0.25, -0.2) is 8.42 Å². The van der Waals surface area contributed by atoms with Crippen LogP contribution in [0.3, 0.4) is 0 Å². The largest absolute Gasteiger partial charge is 0.304 e. The van der Waals surface area contributed by atoms with Crippen LogP contribution in [0.5, 0.6) is 0 Å². The molecule has 9 heteroatoms. The molecule has 0 aromatic heterocycles. The zero-order valence-corrected chi connectivity index (χ0v) is 15.6. The summed E-state index contributed by atoms with van der Waals surface area (Å²) < 4.78 is 26.9. The molecule has 0 aliphatic carbocycles. The van der Waals surface area contributed by atoms with Gasteiger partial charge in [-0.15, -0.1) is 0 Å². The first-order chi connectivity index (χ1) is 12.3. The maximum absolute atomic E-state index is 12.7. The molecule has 1 fully saturated rings. The Bertz CT molecular complexity index is 924. The van der Waals surface area contributed by atoms with E-state index in [0.29, 0.717) is 37.3 Å². The van der Waals surface area contributed by atoms with Gasteiger partial charge in [0, 0.05) is 43.3 Å². The van der Waals surface area contributed by atoms with E-state index in [1.54, 1.807) is 12.1 Å². The van der Waals surface area contributed by atoms with Gasteiger partial charge in [0.25, 0.3) is 5.69 Å². The molecule has 0 saturated carbocycles. The van der Waals surface area contributed by atoms with Gasteiger partial charge in [-0.05, 0) is 36.9 Å². The number of hydrogen-bond acceptors (Lipinski definition) is 5. The molecule has 1 saturated heterocycles. The Balaban J connectivity index is 1.91. The van der Waals surface area contributed by atoms with Crippen molar-refractivity contribution in [2.45, 2.75) is 4.90 Å². The summed E-state index contributed by atoms with van der Waals surface area (Å²) in [5.74, 6) is 0. The predicted molar refractivity (Wildman–Crippen MR) is 98.6 cm³/mol. The molecule has 26 heavy (non-hydrogen) atoms. The first-order valence-electron chi connectivity index (χ1n) is 7.94. The first-order valence-corrected chi connectivity index (χ1v) is 9.75. The van der Waals surface area contributed by atoms with Crippen molar-refractivity contribution in [3.05, 3.63) is 57.6 Å². The Kier molecular flexibility index (Phi) is 5.29. The number of halogens is 1. The van der Waals surface area contributed by atoms with Crippen molar-refractivity contribution in [2.75, 3.05) is 33.2 Å². The maximum atomic E-state index is 12.7. The van der Waals surface area contributed by atoms with Crippen LogP contribution in [-0.2, 0) is 10.0 Å². The minimum absolute atomic E-state index is 0.0578. The summed E-state index contributed by atoms with van der Waals surface area (Å²) in [6.45, 7) is 2.21. The summed E-state index contributed by atoms with van der Waals surface area (Å²) in [7, 11) is -1.67. The number of likely N-dealkylation sites (N-methyl/N-ethyl adjacent to an activating group) is 1. The van der Waals surface area contributed by atoms with Gasteiger partial charge in [-0.3, -0.25) is 10.1 Å². The van der Waals surface area contributed by atoms with Crippen LogP contribution in [0.15, 0.2) is 41.3 Å². The van der Waals surface area contributed by atoms with Crippen molar-refractivity contribution in [3.63, 3.8) is 0 Å². The number of nitro benzene ring substituents is 1. The lowest BCUT2D eigenvalue weighted by Crippen LogP contribution is -2.47. The van der Waals surface area contributed by atoms with Crippen LogP contribution < -0.4 is 0 Å². The highest BCUT2D eigenvalue weighted by Crippen LogP contribution is 2.32. The number of sulfonamides is 1. The number of nitrogens with zero attached hydrogens (tertiary/aromatic N) is 3. The van der Waals surface area contributed by atoms with Gasteiger partial charge >= 0.3 is 0 Å². The Morgan fingerprint density at radius 2 is 1.85 bits per heavy atom. The standard InChI is InChI=1S/C17H17ClN3O4S/c1-19-8-10-20(11-9-19)26(24,25)15-5-2-13(3-6-15)16-7-4-14(18)12-17(16)21(22)23/h2-5,7,12H,8-11H2,1H3. The summed E-state index contributed by atoms with van der Waals surface area (Å²) in [6.07, 6.45) is 0. The van der Waals surface area contributed by atoms with E-state index in [9.17, 15) is 18.5 Å². The normalized spacial score (nSPS) is 16.5.